The minimum Gasteiger partial charge on any atom is -0.394 e. The van der Waals surface area contributed by atoms with Crippen LogP contribution in [0.5, 0.6) is 0 Å². The second kappa shape index (κ2) is 12.3. The van der Waals surface area contributed by atoms with Crippen LogP contribution in [0.15, 0.2) is 98.1 Å². The second-order valence-corrected chi connectivity index (χ2v) is 13.7. The van der Waals surface area contributed by atoms with Crippen LogP contribution in [0.2, 0.25) is 0 Å². The number of benzene rings is 3. The van der Waals surface area contributed by atoms with E-state index in [1.165, 1.54) is 0 Å². The minimum absolute atomic E-state index is 0.0602. The van der Waals surface area contributed by atoms with Gasteiger partial charge in [-0.1, -0.05) is 72.8 Å². The number of rotatable bonds is 11. The van der Waals surface area contributed by atoms with Gasteiger partial charge >= 0.3 is 0 Å². The van der Waals surface area contributed by atoms with Gasteiger partial charge in [0.15, 0.2) is 0 Å². The SMILES string of the molecule is C=CCN(Cc1ccccc1)C(=O)[C@@H]1[C@@H]2CCC3(S2)C(C(=O)N(CC=C)c2ccc4ccccc4c2)N([C@H](C)CO)C(=O)[C@H]13. The number of hydrogen-bond donors (Lipinski definition) is 1. The van der Waals surface area contributed by atoms with Gasteiger partial charge in [0, 0.05) is 30.6 Å². The molecule has 3 aromatic rings. The van der Waals surface area contributed by atoms with Crippen LogP contribution in [0, 0.1) is 11.8 Å². The highest BCUT2D eigenvalue weighted by Gasteiger charge is 2.74. The number of likely N-dealkylation sites (tertiary alicyclic amines) is 1. The smallest absolute Gasteiger partial charge is 0.251 e. The molecule has 2 unspecified atom stereocenters. The first kappa shape index (κ1) is 30.2. The van der Waals surface area contributed by atoms with Gasteiger partial charge < -0.3 is 19.8 Å². The van der Waals surface area contributed by atoms with Crippen LogP contribution in [-0.2, 0) is 20.9 Å². The highest BCUT2D eigenvalue weighted by atomic mass is 32.2. The fraction of sp³-hybridized carbons (Fsp3) is 0.361. The van der Waals surface area contributed by atoms with Crippen LogP contribution in [-0.4, -0.2) is 74.4 Å². The molecule has 8 heteroatoms. The summed E-state index contributed by atoms with van der Waals surface area (Å²) in [6.45, 7) is 10.4. The van der Waals surface area contributed by atoms with Crippen molar-refractivity contribution in [1.82, 2.24) is 9.80 Å². The molecule has 1 spiro atoms. The molecule has 2 bridgehead atoms. The van der Waals surface area contributed by atoms with E-state index >= 15 is 0 Å². The van der Waals surface area contributed by atoms with Crippen LogP contribution in [0.3, 0.4) is 0 Å². The molecule has 3 saturated heterocycles. The van der Waals surface area contributed by atoms with E-state index in [1.54, 1.807) is 45.5 Å². The fourth-order valence-electron chi connectivity index (χ4n) is 7.56. The standard InChI is InChI=1S/C36H39N3O4S/c1-4-19-37(22-25-11-7-6-8-12-25)33(41)30-29-17-18-36(44-29)31(30)34(42)39(24(3)23-40)32(36)35(43)38(20-5-2)28-16-15-26-13-9-10-14-27(26)21-28/h4-16,21,24,29-32,40H,1-2,17-20,22-23H2,3H3/t24-,29+,30-,31+,32?,36?/m1/s1. The number of hydrogen-bond acceptors (Lipinski definition) is 5. The maximum Gasteiger partial charge on any atom is 0.251 e. The lowest BCUT2D eigenvalue weighted by molar-refractivity contribution is -0.145. The van der Waals surface area contributed by atoms with E-state index in [0.29, 0.717) is 19.5 Å². The first-order valence-electron chi connectivity index (χ1n) is 15.3. The largest absolute Gasteiger partial charge is 0.394 e. The summed E-state index contributed by atoms with van der Waals surface area (Å²) in [5.74, 6) is -1.69. The molecule has 3 heterocycles. The molecule has 0 aromatic heterocycles. The summed E-state index contributed by atoms with van der Waals surface area (Å²) in [6, 6.07) is 22.3. The van der Waals surface area contributed by atoms with Crippen molar-refractivity contribution in [2.45, 2.75) is 48.4 Å². The van der Waals surface area contributed by atoms with Gasteiger partial charge in [0.25, 0.3) is 5.91 Å². The van der Waals surface area contributed by atoms with Crippen molar-refractivity contribution < 1.29 is 19.5 Å². The van der Waals surface area contributed by atoms with Crippen molar-refractivity contribution in [2.24, 2.45) is 11.8 Å². The third-order valence-corrected chi connectivity index (χ3v) is 11.4. The number of anilines is 1. The summed E-state index contributed by atoms with van der Waals surface area (Å²) < 4.78 is -0.758. The second-order valence-electron chi connectivity index (χ2n) is 12.1. The van der Waals surface area contributed by atoms with Crippen molar-refractivity contribution in [2.75, 3.05) is 24.6 Å². The molecule has 3 aromatic carbocycles. The zero-order chi connectivity index (χ0) is 31.0. The molecule has 0 saturated carbocycles. The fourth-order valence-corrected chi connectivity index (χ4v) is 9.75. The lowest BCUT2D eigenvalue weighted by atomic mass is 9.70. The minimum atomic E-state index is -0.816. The van der Waals surface area contributed by atoms with Gasteiger partial charge in [-0.15, -0.1) is 24.9 Å². The molecule has 1 N–H and O–H groups in total. The maximum absolute atomic E-state index is 14.8. The van der Waals surface area contributed by atoms with Crippen molar-refractivity contribution in [3.63, 3.8) is 0 Å². The summed E-state index contributed by atoms with van der Waals surface area (Å²) in [4.78, 5) is 48.7. The Kier molecular flexibility index (Phi) is 8.40. The molecule has 3 amide bonds. The molecular formula is C36H39N3O4S. The Bertz CT molecular complexity index is 1590. The summed E-state index contributed by atoms with van der Waals surface area (Å²) in [6.07, 6.45) is 4.83. The molecular weight excluding hydrogens is 570 g/mol. The number of fused-ring (bicyclic) bond motifs is 2. The summed E-state index contributed by atoms with van der Waals surface area (Å²) >= 11 is 1.64. The quantitative estimate of drug-likeness (QED) is 0.308. The van der Waals surface area contributed by atoms with Crippen molar-refractivity contribution in [1.29, 1.82) is 0 Å². The highest BCUT2D eigenvalue weighted by molar-refractivity contribution is 8.02. The molecule has 3 fully saturated rings. The first-order chi connectivity index (χ1) is 21.3. The van der Waals surface area contributed by atoms with Crippen LogP contribution in [0.4, 0.5) is 5.69 Å². The van der Waals surface area contributed by atoms with E-state index in [1.807, 2.05) is 72.8 Å². The number of carbonyl (C=O) groups is 3. The van der Waals surface area contributed by atoms with E-state index in [-0.39, 0.29) is 36.1 Å². The highest BCUT2D eigenvalue weighted by Crippen LogP contribution is 2.67. The molecule has 228 valence electrons. The average Bonchev–Trinajstić information content (AvgIpc) is 3.70. The van der Waals surface area contributed by atoms with Gasteiger partial charge in [0.1, 0.15) is 6.04 Å². The van der Waals surface area contributed by atoms with E-state index in [0.717, 1.165) is 28.4 Å². The van der Waals surface area contributed by atoms with Gasteiger partial charge in [-0.05, 0) is 48.2 Å². The molecule has 3 aliphatic heterocycles. The summed E-state index contributed by atoms with van der Waals surface area (Å²) in [5.41, 5.74) is 1.73. The van der Waals surface area contributed by atoms with Crippen LogP contribution >= 0.6 is 11.8 Å². The van der Waals surface area contributed by atoms with E-state index in [2.05, 4.69) is 13.2 Å². The monoisotopic (exact) mass is 609 g/mol. The first-order valence-corrected chi connectivity index (χ1v) is 16.2. The number of carbonyl (C=O) groups excluding carboxylic acids is 3. The molecule has 0 aliphatic carbocycles. The summed E-state index contributed by atoms with van der Waals surface area (Å²) in [5, 5.41) is 12.3. The Hall–Kier alpha value is -3.88. The number of nitrogens with zero attached hydrogens (tertiary/aromatic N) is 3. The lowest BCUT2D eigenvalue weighted by Crippen LogP contribution is -2.57. The lowest BCUT2D eigenvalue weighted by Gasteiger charge is -2.39. The molecule has 7 nitrogen and oxygen atoms in total. The summed E-state index contributed by atoms with van der Waals surface area (Å²) in [7, 11) is 0. The van der Waals surface area contributed by atoms with Crippen LogP contribution < -0.4 is 4.90 Å². The van der Waals surface area contributed by atoms with Gasteiger partial charge in [-0.25, -0.2) is 0 Å². The molecule has 6 rings (SSSR count). The Morgan fingerprint density at radius 2 is 1.73 bits per heavy atom. The Balaban J connectivity index is 1.38. The Labute approximate surface area is 263 Å². The number of aliphatic hydroxyl groups is 1. The third-order valence-electron chi connectivity index (χ3n) is 9.50. The maximum atomic E-state index is 14.8. The molecule has 3 aliphatic rings. The van der Waals surface area contributed by atoms with E-state index < -0.39 is 28.7 Å². The van der Waals surface area contributed by atoms with E-state index in [4.69, 9.17) is 0 Å². The predicted molar refractivity (Wildman–Crippen MR) is 176 cm³/mol. The Morgan fingerprint density at radius 3 is 2.43 bits per heavy atom. The van der Waals surface area contributed by atoms with Gasteiger partial charge in [0.05, 0.1) is 29.2 Å². The van der Waals surface area contributed by atoms with Crippen molar-refractivity contribution in [3.8, 4) is 0 Å². The van der Waals surface area contributed by atoms with E-state index in [9.17, 15) is 19.5 Å². The molecule has 6 atom stereocenters. The van der Waals surface area contributed by atoms with Crippen LogP contribution in [0.25, 0.3) is 10.8 Å². The zero-order valence-electron chi connectivity index (χ0n) is 25.0. The van der Waals surface area contributed by atoms with Gasteiger partial charge in [0.2, 0.25) is 11.8 Å². The molecule has 44 heavy (non-hydrogen) atoms. The normalized spacial score (nSPS) is 26.0. The number of amides is 3. The Morgan fingerprint density at radius 1 is 1.02 bits per heavy atom. The van der Waals surface area contributed by atoms with Gasteiger partial charge in [-0.2, -0.15) is 0 Å². The van der Waals surface area contributed by atoms with Crippen molar-refractivity contribution >= 4 is 45.9 Å². The topological polar surface area (TPSA) is 81.2 Å². The number of aliphatic hydroxyl groups excluding tert-OH is 1. The zero-order valence-corrected chi connectivity index (χ0v) is 25.9. The number of thioether (sulfide) groups is 1. The predicted octanol–water partition coefficient (Wildman–Crippen LogP) is 5.05. The van der Waals surface area contributed by atoms with Gasteiger partial charge in [-0.3, -0.25) is 14.4 Å². The van der Waals surface area contributed by atoms with Crippen LogP contribution in [0.1, 0.15) is 25.3 Å². The van der Waals surface area contributed by atoms with Crippen molar-refractivity contribution in [3.05, 3.63) is 104 Å². The average molecular weight is 610 g/mol. The molecule has 0 radical (unpaired) electrons. The third kappa shape index (κ3) is 4.94.